The number of carbonyl (C=O) groups is 1. The lowest BCUT2D eigenvalue weighted by Gasteiger charge is -2.19. The highest BCUT2D eigenvalue weighted by Crippen LogP contribution is 2.29. The maximum Gasteiger partial charge on any atom is 0.328 e. The molecular weight excluding hydrogens is 312 g/mol. The van der Waals surface area contributed by atoms with E-state index in [-0.39, 0.29) is 5.41 Å². The van der Waals surface area contributed by atoms with Crippen LogP contribution in [-0.4, -0.2) is 20.5 Å². The van der Waals surface area contributed by atoms with Gasteiger partial charge in [-0.2, -0.15) is 0 Å². The predicted octanol–water partition coefficient (Wildman–Crippen LogP) is 4.71. The van der Waals surface area contributed by atoms with Gasteiger partial charge in [0, 0.05) is 17.8 Å². The molecule has 2 aromatic heterocycles. The Hall–Kier alpha value is -2.88. The number of nitrogens with zero attached hydrogens (tertiary/aromatic N) is 2. The van der Waals surface area contributed by atoms with Crippen LogP contribution in [0, 0.1) is 6.92 Å². The Morgan fingerprint density at radius 1 is 1.16 bits per heavy atom. The summed E-state index contributed by atoms with van der Waals surface area (Å²) in [4.78, 5) is 15.8. The molecule has 1 aromatic carbocycles. The van der Waals surface area contributed by atoms with Crippen molar-refractivity contribution in [3.63, 3.8) is 0 Å². The monoisotopic (exact) mass is 334 g/mol. The van der Waals surface area contributed by atoms with Gasteiger partial charge in [0.25, 0.3) is 0 Å². The van der Waals surface area contributed by atoms with Crippen molar-refractivity contribution in [3.05, 3.63) is 65.5 Å². The van der Waals surface area contributed by atoms with Crippen molar-refractivity contribution in [1.29, 1.82) is 0 Å². The van der Waals surface area contributed by atoms with Gasteiger partial charge in [-0.05, 0) is 35.6 Å². The van der Waals surface area contributed by atoms with Crippen LogP contribution in [0.3, 0.4) is 0 Å². The molecule has 128 valence electrons. The van der Waals surface area contributed by atoms with Crippen LogP contribution in [0.15, 0.2) is 48.7 Å². The van der Waals surface area contributed by atoms with Gasteiger partial charge in [-0.1, -0.05) is 51.1 Å². The van der Waals surface area contributed by atoms with Crippen LogP contribution >= 0.6 is 0 Å². The zero-order chi connectivity index (χ0) is 18.2. The van der Waals surface area contributed by atoms with Gasteiger partial charge in [-0.15, -0.1) is 0 Å². The van der Waals surface area contributed by atoms with Crippen molar-refractivity contribution >= 4 is 17.7 Å². The fraction of sp³-hybridized carbons (Fsp3) is 0.238. The van der Waals surface area contributed by atoms with Gasteiger partial charge < -0.3 is 5.11 Å². The standard InChI is InChI=1S/C21H22N2O2/c1-14-6-5-13-23-17(11-12-18(24)25)19(22-20(14)23)15-7-9-16(10-8-15)21(2,3)4/h5-13H,1-4H3,(H,24,25)/b12-11+. The number of rotatable bonds is 3. The van der Waals surface area contributed by atoms with Gasteiger partial charge in [-0.25, -0.2) is 9.78 Å². The van der Waals surface area contributed by atoms with E-state index in [0.29, 0.717) is 0 Å². The molecule has 0 aliphatic carbocycles. The molecule has 0 spiro atoms. The van der Waals surface area contributed by atoms with Crippen LogP contribution in [0.5, 0.6) is 0 Å². The number of hydrogen-bond acceptors (Lipinski definition) is 2. The second kappa shape index (κ2) is 6.20. The van der Waals surface area contributed by atoms with Crippen LogP contribution in [0.2, 0.25) is 0 Å². The Morgan fingerprint density at radius 2 is 1.84 bits per heavy atom. The molecule has 0 saturated heterocycles. The van der Waals surface area contributed by atoms with Gasteiger partial charge in [0.15, 0.2) is 0 Å². The number of carboxylic acid groups (broad SMARTS) is 1. The molecule has 0 fully saturated rings. The quantitative estimate of drug-likeness (QED) is 0.706. The number of aliphatic carboxylic acids is 1. The van der Waals surface area contributed by atoms with Gasteiger partial charge in [0.1, 0.15) is 5.65 Å². The number of aryl methyl sites for hydroxylation is 1. The van der Waals surface area contributed by atoms with Crippen molar-refractivity contribution in [3.8, 4) is 11.3 Å². The van der Waals surface area contributed by atoms with E-state index in [1.165, 1.54) is 5.56 Å². The molecule has 4 heteroatoms. The van der Waals surface area contributed by atoms with E-state index in [1.54, 1.807) is 6.08 Å². The Balaban J connectivity index is 2.19. The minimum absolute atomic E-state index is 0.0834. The van der Waals surface area contributed by atoms with Crippen molar-refractivity contribution < 1.29 is 9.90 Å². The first-order chi connectivity index (χ1) is 11.8. The van der Waals surface area contributed by atoms with Crippen molar-refractivity contribution in [2.24, 2.45) is 0 Å². The third-order valence-electron chi connectivity index (χ3n) is 4.29. The molecule has 0 amide bonds. The van der Waals surface area contributed by atoms with Crippen LogP contribution in [0.25, 0.3) is 23.0 Å². The largest absolute Gasteiger partial charge is 0.478 e. The number of hydrogen-bond donors (Lipinski definition) is 1. The van der Waals surface area contributed by atoms with Crippen LogP contribution < -0.4 is 0 Å². The molecule has 0 aliphatic heterocycles. The first-order valence-electron chi connectivity index (χ1n) is 8.27. The number of fused-ring (bicyclic) bond motifs is 1. The summed E-state index contributed by atoms with van der Waals surface area (Å²) >= 11 is 0. The molecule has 0 radical (unpaired) electrons. The maximum absolute atomic E-state index is 11.0. The van der Waals surface area contributed by atoms with Crippen LogP contribution in [0.4, 0.5) is 0 Å². The summed E-state index contributed by atoms with van der Waals surface area (Å²) in [6, 6.07) is 12.3. The zero-order valence-electron chi connectivity index (χ0n) is 14.9. The highest BCUT2D eigenvalue weighted by atomic mass is 16.4. The van der Waals surface area contributed by atoms with Gasteiger partial charge >= 0.3 is 5.97 Å². The summed E-state index contributed by atoms with van der Waals surface area (Å²) in [5.74, 6) is -0.975. The lowest BCUT2D eigenvalue weighted by molar-refractivity contribution is -0.131. The van der Waals surface area contributed by atoms with E-state index >= 15 is 0 Å². The summed E-state index contributed by atoms with van der Waals surface area (Å²) in [5.41, 5.74) is 5.74. The topological polar surface area (TPSA) is 54.6 Å². The molecule has 25 heavy (non-hydrogen) atoms. The number of aromatic nitrogens is 2. The van der Waals surface area contributed by atoms with Crippen molar-refractivity contribution in [2.45, 2.75) is 33.1 Å². The van der Waals surface area contributed by atoms with E-state index in [0.717, 1.165) is 34.2 Å². The van der Waals surface area contributed by atoms with E-state index in [4.69, 9.17) is 10.1 Å². The summed E-state index contributed by atoms with van der Waals surface area (Å²) in [7, 11) is 0. The number of carboxylic acids is 1. The van der Waals surface area contributed by atoms with E-state index in [9.17, 15) is 4.79 Å². The fourth-order valence-corrected chi connectivity index (χ4v) is 2.87. The molecular formula is C21H22N2O2. The summed E-state index contributed by atoms with van der Waals surface area (Å²) in [6.07, 6.45) is 4.66. The minimum Gasteiger partial charge on any atom is -0.478 e. The molecule has 0 aliphatic rings. The molecule has 4 nitrogen and oxygen atoms in total. The van der Waals surface area contributed by atoms with E-state index in [2.05, 4.69) is 45.0 Å². The maximum atomic E-state index is 11.0. The molecule has 0 atom stereocenters. The normalized spacial score (nSPS) is 12.2. The molecule has 3 rings (SSSR count). The van der Waals surface area contributed by atoms with Crippen LogP contribution in [-0.2, 0) is 10.2 Å². The van der Waals surface area contributed by atoms with Crippen molar-refractivity contribution in [1.82, 2.24) is 9.38 Å². The number of pyridine rings is 1. The molecule has 0 saturated carbocycles. The highest BCUT2D eigenvalue weighted by molar-refractivity contribution is 5.87. The van der Waals surface area contributed by atoms with Crippen LogP contribution in [0.1, 0.15) is 37.6 Å². The minimum atomic E-state index is -0.975. The average molecular weight is 334 g/mol. The first-order valence-corrected chi connectivity index (χ1v) is 8.27. The fourth-order valence-electron chi connectivity index (χ4n) is 2.87. The molecule has 0 unspecified atom stereocenters. The molecule has 3 aromatic rings. The molecule has 1 N–H and O–H groups in total. The Morgan fingerprint density at radius 3 is 2.44 bits per heavy atom. The number of imidazole rings is 1. The Kier molecular flexibility index (Phi) is 4.21. The predicted molar refractivity (Wildman–Crippen MR) is 101 cm³/mol. The molecule has 0 bridgehead atoms. The Labute approximate surface area is 147 Å². The number of benzene rings is 1. The van der Waals surface area contributed by atoms with E-state index in [1.807, 2.05) is 29.7 Å². The summed E-state index contributed by atoms with van der Waals surface area (Å²) < 4.78 is 1.93. The third kappa shape index (κ3) is 3.33. The summed E-state index contributed by atoms with van der Waals surface area (Å²) in [5, 5.41) is 9.01. The third-order valence-corrected chi connectivity index (χ3v) is 4.29. The highest BCUT2D eigenvalue weighted by Gasteiger charge is 2.16. The first kappa shape index (κ1) is 17.0. The Bertz CT molecular complexity index is 958. The second-order valence-corrected chi connectivity index (χ2v) is 7.23. The second-order valence-electron chi connectivity index (χ2n) is 7.23. The average Bonchev–Trinajstić information content (AvgIpc) is 2.92. The van der Waals surface area contributed by atoms with Crippen molar-refractivity contribution in [2.75, 3.05) is 0 Å². The molecule has 2 heterocycles. The smallest absolute Gasteiger partial charge is 0.328 e. The van der Waals surface area contributed by atoms with Gasteiger partial charge in [0.2, 0.25) is 0 Å². The van der Waals surface area contributed by atoms with Gasteiger partial charge in [0.05, 0.1) is 11.4 Å². The zero-order valence-corrected chi connectivity index (χ0v) is 14.9. The SMILES string of the molecule is Cc1cccn2c(/C=C/C(=O)O)c(-c3ccc(C(C)(C)C)cc3)nc12. The summed E-state index contributed by atoms with van der Waals surface area (Å²) in [6.45, 7) is 8.53. The lowest BCUT2D eigenvalue weighted by atomic mass is 9.86. The van der Waals surface area contributed by atoms with Gasteiger partial charge in [-0.3, -0.25) is 4.40 Å². The lowest BCUT2D eigenvalue weighted by Crippen LogP contribution is -2.10. The van der Waals surface area contributed by atoms with E-state index < -0.39 is 5.97 Å².